The van der Waals surface area contributed by atoms with Crippen LogP contribution in [0, 0.1) is 18.3 Å². The molecule has 2 heterocycles. The second-order valence-electron chi connectivity index (χ2n) is 8.19. The Hall–Kier alpha value is -0.410. The minimum Gasteiger partial charge on any atom is -0.377 e. The molecule has 1 aliphatic heterocycles. The van der Waals surface area contributed by atoms with Gasteiger partial charge in [0.2, 0.25) is 0 Å². The van der Waals surface area contributed by atoms with E-state index in [1.54, 1.807) is 11.3 Å². The predicted octanol–water partition coefficient (Wildman–Crippen LogP) is 4.40. The zero-order valence-corrected chi connectivity index (χ0v) is 20.7. The normalized spacial score (nSPS) is 20.9. The quantitative estimate of drug-likeness (QED) is 0.248. The summed E-state index contributed by atoms with van der Waals surface area (Å²) in [5.74, 6) is 1.42. The second-order valence-corrected chi connectivity index (χ2v) is 9.13. The van der Waals surface area contributed by atoms with Crippen LogP contribution in [0.15, 0.2) is 10.4 Å². The summed E-state index contributed by atoms with van der Waals surface area (Å²) < 4.78 is 6.08. The van der Waals surface area contributed by atoms with Crippen LogP contribution in [0.25, 0.3) is 0 Å². The van der Waals surface area contributed by atoms with Crippen molar-refractivity contribution in [3.63, 3.8) is 0 Å². The third kappa shape index (κ3) is 8.64. The first-order chi connectivity index (χ1) is 12.4. The van der Waals surface area contributed by atoms with E-state index in [2.05, 4.69) is 48.7 Å². The van der Waals surface area contributed by atoms with Gasteiger partial charge in [-0.2, -0.15) is 0 Å². The Balaban J connectivity index is 0.00000364. The van der Waals surface area contributed by atoms with Crippen molar-refractivity contribution < 1.29 is 4.74 Å². The van der Waals surface area contributed by atoms with E-state index < -0.39 is 0 Å². The highest BCUT2D eigenvalue weighted by Crippen LogP contribution is 2.34. The molecule has 0 aromatic carbocycles. The van der Waals surface area contributed by atoms with Crippen LogP contribution in [-0.4, -0.2) is 43.3 Å². The lowest BCUT2D eigenvalue weighted by Gasteiger charge is -2.39. The highest BCUT2D eigenvalue weighted by molar-refractivity contribution is 14.0. The summed E-state index contributed by atoms with van der Waals surface area (Å²) in [5, 5.41) is 10.2. The van der Waals surface area contributed by atoms with Crippen LogP contribution in [0.5, 0.6) is 0 Å². The summed E-state index contributed by atoms with van der Waals surface area (Å²) in [5.41, 5.74) is 1.29. The highest BCUT2D eigenvalue weighted by Gasteiger charge is 2.35. The third-order valence-electron chi connectivity index (χ3n) is 4.65. The van der Waals surface area contributed by atoms with Crippen molar-refractivity contribution in [3.05, 3.63) is 16.1 Å². The van der Waals surface area contributed by atoms with E-state index in [1.165, 1.54) is 11.4 Å². The number of aromatic nitrogens is 1. The summed E-state index contributed by atoms with van der Waals surface area (Å²) in [6, 6.07) is 0. The number of hydrogen-bond acceptors (Lipinski definition) is 4. The molecule has 0 saturated carbocycles. The van der Waals surface area contributed by atoms with E-state index in [4.69, 9.17) is 9.73 Å². The van der Waals surface area contributed by atoms with Crippen LogP contribution in [0.2, 0.25) is 0 Å². The number of halogens is 1. The maximum atomic E-state index is 6.08. The molecular weight excluding hydrogens is 471 g/mol. The average Bonchev–Trinajstić information content (AvgIpc) is 3.01. The van der Waals surface area contributed by atoms with Crippen molar-refractivity contribution in [2.75, 3.05) is 26.2 Å². The van der Waals surface area contributed by atoms with Crippen molar-refractivity contribution in [2.24, 2.45) is 16.3 Å². The molecule has 0 spiro atoms. The zero-order valence-electron chi connectivity index (χ0n) is 17.5. The molecule has 1 aromatic heterocycles. The lowest BCUT2D eigenvalue weighted by atomic mass is 9.78. The summed E-state index contributed by atoms with van der Waals surface area (Å²) >= 11 is 1.75. The van der Waals surface area contributed by atoms with Gasteiger partial charge in [0.15, 0.2) is 5.96 Å². The molecule has 0 bridgehead atoms. The number of aryl methyl sites for hydroxylation is 2. The predicted molar refractivity (Wildman–Crippen MR) is 126 cm³/mol. The van der Waals surface area contributed by atoms with Gasteiger partial charge in [-0.1, -0.05) is 20.8 Å². The first kappa shape index (κ1) is 24.6. The van der Waals surface area contributed by atoms with Gasteiger partial charge >= 0.3 is 0 Å². The van der Waals surface area contributed by atoms with Gasteiger partial charge in [0.05, 0.1) is 11.1 Å². The third-order valence-corrected chi connectivity index (χ3v) is 5.68. The Bertz CT molecular complexity index is 571. The van der Waals surface area contributed by atoms with Gasteiger partial charge in [-0.15, -0.1) is 35.3 Å². The average molecular weight is 509 g/mol. The molecule has 2 atom stereocenters. The molecule has 1 aromatic rings. The van der Waals surface area contributed by atoms with Crippen LogP contribution < -0.4 is 10.6 Å². The number of nitrogens with one attached hydrogen (secondary N) is 2. The SMILES string of the molecule is CCNC(=NCC1CCCOC1C(C)(C)C)NCCCc1nc(C)cs1.I. The molecule has 2 N–H and O–H groups in total. The smallest absolute Gasteiger partial charge is 0.191 e. The number of thiazole rings is 1. The lowest BCUT2D eigenvalue weighted by Crippen LogP contribution is -2.43. The topological polar surface area (TPSA) is 58.5 Å². The van der Waals surface area contributed by atoms with E-state index in [-0.39, 0.29) is 35.5 Å². The Kier molecular flexibility index (Phi) is 11.1. The summed E-state index contributed by atoms with van der Waals surface area (Å²) in [6.45, 7) is 14.5. The van der Waals surface area contributed by atoms with Gasteiger partial charge in [-0.05, 0) is 38.5 Å². The summed E-state index contributed by atoms with van der Waals surface area (Å²) in [6.07, 6.45) is 4.72. The molecular formula is C20H37IN4OS. The summed E-state index contributed by atoms with van der Waals surface area (Å²) in [4.78, 5) is 9.37. The second kappa shape index (κ2) is 12.2. The van der Waals surface area contributed by atoms with Crippen molar-refractivity contribution in [1.82, 2.24) is 15.6 Å². The standard InChI is InChI=1S/C20H36N4OS.HI/c1-6-21-19(22-11-7-10-17-24-15(2)14-26-17)23-13-16-9-8-12-25-18(16)20(3,4)5;/h14,16,18H,6-13H2,1-5H3,(H2,21,22,23);1H. The van der Waals surface area contributed by atoms with Gasteiger partial charge in [0.25, 0.3) is 0 Å². The van der Waals surface area contributed by atoms with E-state index in [9.17, 15) is 0 Å². The van der Waals surface area contributed by atoms with Crippen molar-refractivity contribution in [3.8, 4) is 0 Å². The number of nitrogens with zero attached hydrogens (tertiary/aromatic N) is 2. The van der Waals surface area contributed by atoms with Crippen molar-refractivity contribution in [1.29, 1.82) is 0 Å². The molecule has 2 rings (SSSR count). The fraction of sp³-hybridized carbons (Fsp3) is 0.800. The molecule has 0 aliphatic carbocycles. The fourth-order valence-electron chi connectivity index (χ4n) is 3.50. The molecule has 7 heteroatoms. The largest absolute Gasteiger partial charge is 0.377 e. The Morgan fingerprint density at radius 3 is 2.78 bits per heavy atom. The van der Waals surface area contributed by atoms with Crippen molar-refractivity contribution >= 4 is 41.3 Å². The van der Waals surface area contributed by atoms with Gasteiger partial charge < -0.3 is 15.4 Å². The van der Waals surface area contributed by atoms with Crippen LogP contribution in [-0.2, 0) is 11.2 Å². The van der Waals surface area contributed by atoms with Gasteiger partial charge in [0, 0.05) is 49.7 Å². The van der Waals surface area contributed by atoms with Gasteiger partial charge in [0.1, 0.15) is 0 Å². The number of aliphatic imine (C=N–C) groups is 1. The Morgan fingerprint density at radius 1 is 1.37 bits per heavy atom. The molecule has 1 saturated heterocycles. The minimum absolute atomic E-state index is 0. The molecule has 1 aliphatic rings. The van der Waals surface area contributed by atoms with Crippen molar-refractivity contribution in [2.45, 2.75) is 66.4 Å². The zero-order chi connectivity index (χ0) is 19.0. The number of guanidine groups is 1. The lowest BCUT2D eigenvalue weighted by molar-refractivity contribution is -0.0823. The molecule has 5 nitrogen and oxygen atoms in total. The van der Waals surface area contributed by atoms with Crippen LogP contribution in [0.4, 0.5) is 0 Å². The summed E-state index contributed by atoms with van der Waals surface area (Å²) in [7, 11) is 0. The van der Waals surface area contributed by atoms with Crippen LogP contribution in [0.1, 0.15) is 57.7 Å². The molecule has 1 fully saturated rings. The van der Waals surface area contributed by atoms with Crippen LogP contribution >= 0.6 is 35.3 Å². The number of hydrogen-bond donors (Lipinski definition) is 2. The number of rotatable bonds is 7. The van der Waals surface area contributed by atoms with Gasteiger partial charge in [-0.25, -0.2) is 4.98 Å². The molecule has 156 valence electrons. The van der Waals surface area contributed by atoms with E-state index >= 15 is 0 Å². The maximum Gasteiger partial charge on any atom is 0.191 e. The Labute approximate surface area is 186 Å². The van der Waals surface area contributed by atoms with E-state index in [0.29, 0.717) is 5.92 Å². The first-order valence-electron chi connectivity index (χ1n) is 9.95. The van der Waals surface area contributed by atoms with Crippen LogP contribution in [0.3, 0.4) is 0 Å². The fourth-order valence-corrected chi connectivity index (χ4v) is 4.32. The number of ether oxygens (including phenoxy) is 1. The molecule has 0 amide bonds. The highest BCUT2D eigenvalue weighted by atomic mass is 127. The van der Waals surface area contributed by atoms with E-state index in [0.717, 1.165) is 57.2 Å². The van der Waals surface area contributed by atoms with E-state index in [1.807, 2.05) is 6.92 Å². The molecule has 27 heavy (non-hydrogen) atoms. The van der Waals surface area contributed by atoms with Gasteiger partial charge in [-0.3, -0.25) is 4.99 Å². The Morgan fingerprint density at radius 2 is 2.15 bits per heavy atom. The minimum atomic E-state index is 0. The first-order valence-corrected chi connectivity index (χ1v) is 10.8. The maximum absolute atomic E-state index is 6.08. The molecule has 0 radical (unpaired) electrons. The monoisotopic (exact) mass is 508 g/mol. The molecule has 2 unspecified atom stereocenters.